The standard InChI is InChI=1S/C27H26N2O3/c30-27(31)16-20-8-4-7-19-15-23(10-11-24(19)20)32-26(13-18-5-2-1-3-6-18)21-9-12-25-22(14-21)17-28-29-25/h1-3,5-6,9-12,14-15,17,20,26H,4,7-8,13,16H2,(H,28,29)(H,30,31). The number of carboxylic acid groups (broad SMARTS) is 1. The molecule has 4 aromatic rings. The number of aromatic nitrogens is 2. The Labute approximate surface area is 187 Å². The van der Waals surface area contributed by atoms with Crippen LogP contribution in [0.2, 0.25) is 0 Å². The van der Waals surface area contributed by atoms with Crippen molar-refractivity contribution in [3.63, 3.8) is 0 Å². The van der Waals surface area contributed by atoms with Crippen LogP contribution in [0.15, 0.2) is 72.9 Å². The van der Waals surface area contributed by atoms with Crippen molar-refractivity contribution >= 4 is 16.9 Å². The van der Waals surface area contributed by atoms with Crippen molar-refractivity contribution in [1.29, 1.82) is 0 Å². The Morgan fingerprint density at radius 2 is 2.00 bits per heavy atom. The van der Waals surface area contributed by atoms with Gasteiger partial charge in [0.1, 0.15) is 11.9 Å². The molecular formula is C27H26N2O3. The van der Waals surface area contributed by atoms with Crippen LogP contribution in [-0.4, -0.2) is 21.3 Å². The topological polar surface area (TPSA) is 75.2 Å². The van der Waals surface area contributed by atoms with Crippen LogP contribution < -0.4 is 4.74 Å². The van der Waals surface area contributed by atoms with Gasteiger partial charge in [0.25, 0.3) is 0 Å². The van der Waals surface area contributed by atoms with Gasteiger partial charge in [0.2, 0.25) is 0 Å². The fourth-order valence-electron chi connectivity index (χ4n) is 4.77. The third-order valence-electron chi connectivity index (χ3n) is 6.35. The van der Waals surface area contributed by atoms with E-state index in [1.165, 1.54) is 11.1 Å². The fourth-order valence-corrected chi connectivity index (χ4v) is 4.77. The first-order valence-corrected chi connectivity index (χ1v) is 11.1. The average molecular weight is 427 g/mol. The van der Waals surface area contributed by atoms with Gasteiger partial charge < -0.3 is 9.84 Å². The number of hydrogen-bond donors (Lipinski definition) is 2. The van der Waals surface area contributed by atoms with Gasteiger partial charge in [0.05, 0.1) is 18.1 Å². The van der Waals surface area contributed by atoms with Crippen LogP contribution in [-0.2, 0) is 17.6 Å². The second-order valence-corrected chi connectivity index (χ2v) is 8.56. The quantitative estimate of drug-likeness (QED) is 0.390. The second-order valence-electron chi connectivity index (χ2n) is 8.56. The highest BCUT2D eigenvalue weighted by molar-refractivity contribution is 5.78. The van der Waals surface area contributed by atoms with Crippen molar-refractivity contribution in [2.45, 2.75) is 44.1 Å². The minimum absolute atomic E-state index is 0.0916. The maximum atomic E-state index is 11.3. The van der Waals surface area contributed by atoms with E-state index in [-0.39, 0.29) is 18.4 Å². The molecule has 1 aliphatic rings. The molecule has 0 fully saturated rings. The Balaban J connectivity index is 1.45. The zero-order chi connectivity index (χ0) is 21.9. The summed E-state index contributed by atoms with van der Waals surface area (Å²) in [5.41, 5.74) is 5.69. The predicted molar refractivity (Wildman–Crippen MR) is 124 cm³/mol. The third kappa shape index (κ3) is 4.37. The van der Waals surface area contributed by atoms with Gasteiger partial charge in [-0.3, -0.25) is 9.89 Å². The molecule has 5 rings (SSSR count). The van der Waals surface area contributed by atoms with E-state index in [0.29, 0.717) is 0 Å². The van der Waals surface area contributed by atoms with E-state index in [2.05, 4.69) is 46.6 Å². The highest BCUT2D eigenvalue weighted by Gasteiger charge is 2.24. The van der Waals surface area contributed by atoms with Gasteiger partial charge in [-0.05, 0) is 71.7 Å². The molecule has 0 saturated heterocycles. The van der Waals surface area contributed by atoms with Crippen molar-refractivity contribution in [2.24, 2.45) is 0 Å². The zero-order valence-corrected chi connectivity index (χ0v) is 17.8. The van der Waals surface area contributed by atoms with Crippen LogP contribution in [0.3, 0.4) is 0 Å². The largest absolute Gasteiger partial charge is 0.485 e. The number of nitrogens with one attached hydrogen (secondary N) is 1. The molecule has 2 unspecified atom stereocenters. The van der Waals surface area contributed by atoms with Crippen molar-refractivity contribution in [1.82, 2.24) is 10.2 Å². The Morgan fingerprint density at radius 1 is 1.12 bits per heavy atom. The number of aromatic amines is 1. The Hall–Kier alpha value is -3.60. The fraction of sp³-hybridized carbons (Fsp3) is 0.259. The number of carboxylic acids is 1. The maximum Gasteiger partial charge on any atom is 0.303 e. The van der Waals surface area contributed by atoms with E-state index < -0.39 is 5.97 Å². The van der Waals surface area contributed by atoms with Crippen LogP contribution in [0.25, 0.3) is 10.9 Å². The van der Waals surface area contributed by atoms with Crippen LogP contribution in [0.5, 0.6) is 5.75 Å². The summed E-state index contributed by atoms with van der Waals surface area (Å²) in [6.07, 6.45) is 5.54. The van der Waals surface area contributed by atoms with E-state index in [9.17, 15) is 9.90 Å². The Kier molecular flexibility index (Phi) is 5.63. The number of aryl methyl sites for hydroxylation is 1. The normalized spacial score (nSPS) is 16.4. The molecule has 2 atom stereocenters. The first-order valence-electron chi connectivity index (χ1n) is 11.1. The molecule has 2 N–H and O–H groups in total. The molecule has 5 nitrogen and oxygen atoms in total. The van der Waals surface area contributed by atoms with Crippen molar-refractivity contribution in [3.05, 3.63) is 95.2 Å². The van der Waals surface area contributed by atoms with Crippen molar-refractivity contribution in [2.75, 3.05) is 0 Å². The second kappa shape index (κ2) is 8.87. The maximum absolute atomic E-state index is 11.3. The number of H-pyrrole nitrogens is 1. The third-order valence-corrected chi connectivity index (χ3v) is 6.35. The highest BCUT2D eigenvalue weighted by atomic mass is 16.5. The summed E-state index contributed by atoms with van der Waals surface area (Å²) >= 11 is 0. The Bertz CT molecular complexity index is 1230. The van der Waals surface area contributed by atoms with Gasteiger partial charge in [-0.1, -0.05) is 42.5 Å². The van der Waals surface area contributed by atoms with Gasteiger partial charge in [-0.2, -0.15) is 5.10 Å². The zero-order valence-electron chi connectivity index (χ0n) is 17.8. The van der Waals surface area contributed by atoms with Gasteiger partial charge in [-0.25, -0.2) is 0 Å². The molecule has 5 heteroatoms. The summed E-state index contributed by atoms with van der Waals surface area (Å²) in [5, 5.41) is 17.5. The molecule has 1 aromatic heterocycles. The molecule has 32 heavy (non-hydrogen) atoms. The van der Waals surface area contributed by atoms with Gasteiger partial charge in [-0.15, -0.1) is 0 Å². The van der Waals surface area contributed by atoms with E-state index in [0.717, 1.165) is 53.5 Å². The van der Waals surface area contributed by atoms with Gasteiger partial charge >= 0.3 is 5.97 Å². The molecule has 1 aliphatic carbocycles. The number of ether oxygens (including phenoxy) is 1. The summed E-state index contributed by atoms with van der Waals surface area (Å²) in [6.45, 7) is 0. The number of nitrogens with zero attached hydrogens (tertiary/aromatic N) is 1. The first-order chi connectivity index (χ1) is 15.7. The molecule has 3 aromatic carbocycles. The van der Waals surface area contributed by atoms with Crippen LogP contribution in [0, 0.1) is 0 Å². The molecule has 0 bridgehead atoms. The summed E-state index contributed by atoms with van der Waals surface area (Å²) in [4.78, 5) is 11.3. The van der Waals surface area contributed by atoms with Crippen LogP contribution in [0.1, 0.15) is 53.5 Å². The number of fused-ring (bicyclic) bond motifs is 2. The summed E-state index contributed by atoms with van der Waals surface area (Å²) in [7, 11) is 0. The molecule has 0 aliphatic heterocycles. The lowest BCUT2D eigenvalue weighted by Crippen LogP contribution is -2.15. The molecule has 1 heterocycles. The van der Waals surface area contributed by atoms with Crippen molar-refractivity contribution < 1.29 is 14.6 Å². The minimum Gasteiger partial charge on any atom is -0.485 e. The number of carbonyl (C=O) groups is 1. The SMILES string of the molecule is O=C(O)CC1CCCc2cc(OC(Cc3ccccc3)c3ccc4[nH]ncc4c3)ccc21. The summed E-state index contributed by atoms with van der Waals surface area (Å²) in [6, 6.07) is 22.8. The molecule has 0 saturated carbocycles. The smallest absolute Gasteiger partial charge is 0.303 e. The molecule has 162 valence electrons. The molecule has 0 spiro atoms. The average Bonchev–Trinajstić information content (AvgIpc) is 3.27. The number of rotatable bonds is 7. The van der Waals surface area contributed by atoms with E-state index in [4.69, 9.17) is 4.74 Å². The Morgan fingerprint density at radius 3 is 2.84 bits per heavy atom. The monoisotopic (exact) mass is 426 g/mol. The number of hydrogen-bond acceptors (Lipinski definition) is 3. The lowest BCUT2D eigenvalue weighted by Gasteiger charge is -2.26. The first kappa shape index (κ1) is 20.3. The van der Waals surface area contributed by atoms with E-state index >= 15 is 0 Å². The predicted octanol–water partition coefficient (Wildman–Crippen LogP) is 5.82. The minimum atomic E-state index is -0.735. The molecule has 0 amide bonds. The van der Waals surface area contributed by atoms with Gasteiger partial charge in [0, 0.05) is 11.8 Å². The van der Waals surface area contributed by atoms with Gasteiger partial charge in [0.15, 0.2) is 0 Å². The van der Waals surface area contributed by atoms with Crippen LogP contribution >= 0.6 is 0 Å². The lowest BCUT2D eigenvalue weighted by atomic mass is 9.81. The van der Waals surface area contributed by atoms with Crippen LogP contribution in [0.4, 0.5) is 0 Å². The van der Waals surface area contributed by atoms with Crippen molar-refractivity contribution in [3.8, 4) is 5.75 Å². The summed E-state index contributed by atoms with van der Waals surface area (Å²) in [5.74, 6) is 0.183. The van der Waals surface area contributed by atoms with E-state index in [1.54, 1.807) is 0 Å². The van der Waals surface area contributed by atoms with E-state index in [1.807, 2.05) is 36.5 Å². The number of aliphatic carboxylic acids is 1. The number of benzene rings is 3. The molecular weight excluding hydrogens is 400 g/mol. The highest BCUT2D eigenvalue weighted by Crippen LogP contribution is 2.37. The lowest BCUT2D eigenvalue weighted by molar-refractivity contribution is -0.137. The summed E-state index contributed by atoms with van der Waals surface area (Å²) < 4.78 is 6.57. The molecule has 0 radical (unpaired) electrons.